The lowest BCUT2D eigenvalue weighted by Crippen LogP contribution is -2.51. The van der Waals surface area contributed by atoms with Crippen molar-refractivity contribution in [2.45, 2.75) is 122 Å². The van der Waals surface area contributed by atoms with Crippen molar-refractivity contribution < 1.29 is 19.1 Å². The molecule has 1 unspecified atom stereocenters. The van der Waals surface area contributed by atoms with Gasteiger partial charge in [-0.05, 0) is 99.4 Å². The van der Waals surface area contributed by atoms with Crippen LogP contribution in [-0.4, -0.2) is 38.7 Å². The summed E-state index contributed by atoms with van der Waals surface area (Å²) in [5.41, 5.74) is 0.331. The summed E-state index contributed by atoms with van der Waals surface area (Å²) in [6.07, 6.45) is 15.9. The summed E-state index contributed by atoms with van der Waals surface area (Å²) >= 11 is 1.54. The Labute approximate surface area is 225 Å². The molecule has 0 spiro atoms. The first-order valence-electron chi connectivity index (χ1n) is 14.1. The van der Waals surface area contributed by atoms with Crippen LogP contribution in [0, 0.1) is 17.3 Å². The van der Waals surface area contributed by atoms with Crippen molar-refractivity contribution in [2.75, 3.05) is 7.11 Å². The minimum atomic E-state index is -1.85. The number of carbonyl (C=O) groups is 1. The lowest BCUT2D eigenvalue weighted by Gasteiger charge is -2.51. The van der Waals surface area contributed by atoms with E-state index in [2.05, 4.69) is 52.9 Å². The number of methoxy groups -OCH3 is 1. The van der Waals surface area contributed by atoms with Crippen molar-refractivity contribution in [1.29, 1.82) is 0 Å². The number of carbonyl (C=O) groups excluding carboxylic acids is 1. The number of thiophene rings is 1. The van der Waals surface area contributed by atoms with Gasteiger partial charge in [0.05, 0.1) is 19.3 Å². The van der Waals surface area contributed by atoms with Crippen LogP contribution in [0.2, 0.25) is 18.1 Å². The van der Waals surface area contributed by atoms with E-state index in [1.165, 1.54) is 49.0 Å². The van der Waals surface area contributed by atoms with Crippen LogP contribution >= 0.6 is 11.3 Å². The molecule has 4 atom stereocenters. The van der Waals surface area contributed by atoms with Gasteiger partial charge in [-0.1, -0.05) is 46.3 Å². The third-order valence-corrected chi connectivity index (χ3v) is 15.2. The monoisotopic (exact) mass is 534 g/mol. The second kappa shape index (κ2) is 12.3. The van der Waals surface area contributed by atoms with Crippen LogP contribution in [0.5, 0.6) is 0 Å². The maximum atomic E-state index is 11.7. The first-order chi connectivity index (χ1) is 16.9. The molecule has 1 aromatic rings. The number of hydrogen-bond acceptors (Lipinski definition) is 5. The lowest BCUT2D eigenvalue weighted by molar-refractivity contribution is -0.0273. The van der Waals surface area contributed by atoms with E-state index in [4.69, 9.17) is 9.16 Å². The average molecular weight is 535 g/mol. The minimum Gasteiger partial charge on any atom is -0.465 e. The van der Waals surface area contributed by atoms with Crippen LogP contribution in [0.15, 0.2) is 24.3 Å². The molecule has 0 aliphatic heterocycles. The number of ether oxygens (including phenoxy) is 1. The molecule has 2 fully saturated rings. The highest BCUT2D eigenvalue weighted by molar-refractivity contribution is 7.13. The highest BCUT2D eigenvalue weighted by Crippen LogP contribution is 2.51. The zero-order valence-corrected chi connectivity index (χ0v) is 25.6. The van der Waals surface area contributed by atoms with Crippen molar-refractivity contribution in [3.05, 3.63) is 34.0 Å². The predicted molar refractivity (Wildman–Crippen MR) is 153 cm³/mol. The standard InChI is InChI=1S/C30H50O4SSi/c1-8-30(20-11-21-30)27(34-36(6,7)29(2,3)4)15-10-14-24-22(16-18-25(24)31)12-9-13-23-17-19-26(35-23)28(32)33-5/h10,14,17,19,22,24-25,27,31H,8-9,11-13,15-16,18,20-21H2,1-7H3/t22-,24+,25-,27?/m0/s1. The van der Waals surface area contributed by atoms with Crippen molar-refractivity contribution in [1.82, 2.24) is 0 Å². The molecule has 4 nitrogen and oxygen atoms in total. The van der Waals surface area contributed by atoms with Crippen LogP contribution in [0.3, 0.4) is 0 Å². The van der Waals surface area contributed by atoms with Gasteiger partial charge in [0.1, 0.15) is 4.88 Å². The Balaban J connectivity index is 1.59. The number of esters is 1. The molecule has 36 heavy (non-hydrogen) atoms. The third-order valence-electron chi connectivity index (χ3n) is 9.56. The first kappa shape index (κ1) is 29.6. The molecule has 1 heterocycles. The summed E-state index contributed by atoms with van der Waals surface area (Å²) < 4.78 is 11.9. The second-order valence-electron chi connectivity index (χ2n) is 12.7. The zero-order chi connectivity index (χ0) is 26.6. The molecule has 0 saturated heterocycles. The molecule has 204 valence electrons. The van der Waals surface area contributed by atoms with Crippen molar-refractivity contribution in [2.24, 2.45) is 17.3 Å². The normalized spacial score (nSPS) is 25.2. The fourth-order valence-electron chi connectivity index (χ4n) is 5.82. The maximum absolute atomic E-state index is 11.7. The van der Waals surface area contributed by atoms with Crippen molar-refractivity contribution in [3.63, 3.8) is 0 Å². The van der Waals surface area contributed by atoms with Gasteiger partial charge >= 0.3 is 5.97 Å². The quantitative estimate of drug-likeness (QED) is 0.167. The molecule has 2 aliphatic carbocycles. The molecular formula is C30H50O4SSi. The van der Waals surface area contributed by atoms with Gasteiger partial charge in [-0.15, -0.1) is 11.3 Å². The summed E-state index contributed by atoms with van der Waals surface area (Å²) in [4.78, 5) is 13.6. The maximum Gasteiger partial charge on any atom is 0.348 e. The summed E-state index contributed by atoms with van der Waals surface area (Å²) in [6, 6.07) is 3.91. The number of aryl methyl sites for hydroxylation is 1. The van der Waals surface area contributed by atoms with E-state index in [0.717, 1.165) is 38.5 Å². The molecule has 2 aliphatic rings. The van der Waals surface area contributed by atoms with Gasteiger partial charge in [-0.25, -0.2) is 4.79 Å². The largest absolute Gasteiger partial charge is 0.465 e. The number of aliphatic hydroxyl groups excluding tert-OH is 1. The van der Waals surface area contributed by atoms with Crippen LogP contribution in [0.4, 0.5) is 0 Å². The van der Waals surface area contributed by atoms with Crippen LogP contribution in [0.1, 0.15) is 100 Å². The summed E-state index contributed by atoms with van der Waals surface area (Å²) in [6.45, 7) is 14.1. The highest BCUT2D eigenvalue weighted by Gasteiger charge is 2.47. The molecule has 0 radical (unpaired) electrons. The van der Waals surface area contributed by atoms with E-state index in [1.54, 1.807) is 0 Å². The Morgan fingerprint density at radius 2 is 2.00 bits per heavy atom. The minimum absolute atomic E-state index is 0.209. The average Bonchev–Trinajstić information content (AvgIpc) is 3.39. The topological polar surface area (TPSA) is 55.8 Å². The Morgan fingerprint density at radius 3 is 2.58 bits per heavy atom. The molecule has 1 N–H and O–H groups in total. The van der Waals surface area contributed by atoms with E-state index in [9.17, 15) is 9.90 Å². The van der Waals surface area contributed by atoms with Gasteiger partial charge in [0.15, 0.2) is 8.32 Å². The van der Waals surface area contributed by atoms with E-state index >= 15 is 0 Å². The summed E-state index contributed by atoms with van der Waals surface area (Å²) in [5.74, 6) is 0.518. The van der Waals surface area contributed by atoms with Gasteiger partial charge in [0.2, 0.25) is 0 Å². The molecule has 1 aromatic heterocycles. The van der Waals surface area contributed by atoms with Crippen LogP contribution in [-0.2, 0) is 15.6 Å². The zero-order valence-electron chi connectivity index (χ0n) is 23.8. The Bertz CT molecular complexity index is 874. The molecule has 6 heteroatoms. The second-order valence-corrected chi connectivity index (χ2v) is 18.7. The smallest absolute Gasteiger partial charge is 0.348 e. The van der Waals surface area contributed by atoms with Crippen LogP contribution < -0.4 is 0 Å². The number of aliphatic hydroxyl groups is 1. The first-order valence-corrected chi connectivity index (χ1v) is 17.8. The third kappa shape index (κ3) is 6.92. The molecule has 0 amide bonds. The van der Waals surface area contributed by atoms with Crippen molar-refractivity contribution in [3.8, 4) is 0 Å². The predicted octanol–water partition coefficient (Wildman–Crippen LogP) is 8.16. The number of hydrogen-bond donors (Lipinski definition) is 1. The number of rotatable bonds is 12. The molecular weight excluding hydrogens is 484 g/mol. The Hall–Kier alpha value is -0.953. The van der Waals surface area contributed by atoms with E-state index < -0.39 is 8.32 Å². The van der Waals surface area contributed by atoms with Gasteiger partial charge < -0.3 is 14.3 Å². The molecule has 0 aromatic carbocycles. The Kier molecular flexibility index (Phi) is 10.1. The summed E-state index contributed by atoms with van der Waals surface area (Å²) in [7, 11) is -0.427. The van der Waals surface area contributed by atoms with E-state index in [1.807, 2.05) is 12.1 Å². The van der Waals surface area contributed by atoms with Gasteiger partial charge in [-0.3, -0.25) is 0 Å². The SMILES string of the molecule is CCC1(C(CC=C[C@@H]2[C@@H](CCCc3ccc(C(=O)OC)s3)CC[C@@H]2O)O[Si](C)(C)C(C)(C)C)CCC1. The Morgan fingerprint density at radius 1 is 1.28 bits per heavy atom. The van der Waals surface area contributed by atoms with Crippen LogP contribution in [0.25, 0.3) is 0 Å². The van der Waals surface area contributed by atoms with E-state index in [0.29, 0.717) is 16.2 Å². The van der Waals surface area contributed by atoms with E-state index in [-0.39, 0.29) is 29.1 Å². The van der Waals surface area contributed by atoms with Gasteiger partial charge in [-0.2, -0.15) is 0 Å². The van der Waals surface area contributed by atoms with Crippen molar-refractivity contribution >= 4 is 25.6 Å². The highest BCUT2D eigenvalue weighted by atomic mass is 32.1. The molecule has 3 rings (SSSR count). The molecule has 2 saturated carbocycles. The fourth-order valence-corrected chi connectivity index (χ4v) is 8.19. The van der Waals surface area contributed by atoms with Gasteiger partial charge in [0.25, 0.3) is 0 Å². The molecule has 0 bridgehead atoms. The fraction of sp³-hybridized carbons (Fsp3) is 0.767. The van der Waals surface area contributed by atoms with Gasteiger partial charge in [0, 0.05) is 10.8 Å². The lowest BCUT2D eigenvalue weighted by atomic mass is 9.63. The summed E-state index contributed by atoms with van der Waals surface area (Å²) in [5, 5.41) is 11.0.